The van der Waals surface area contributed by atoms with Crippen LogP contribution in [0.1, 0.15) is 11.3 Å². The van der Waals surface area contributed by atoms with Gasteiger partial charge in [0.1, 0.15) is 6.04 Å². The Morgan fingerprint density at radius 3 is 3.46 bits per heavy atom. The van der Waals surface area contributed by atoms with Gasteiger partial charge >= 0.3 is 0 Å². The summed E-state index contributed by atoms with van der Waals surface area (Å²) in [4.78, 5) is 4.34. The molecule has 0 saturated heterocycles. The molecule has 2 aliphatic heterocycles. The van der Waals surface area contributed by atoms with E-state index in [1.807, 2.05) is 12.3 Å². The summed E-state index contributed by atoms with van der Waals surface area (Å²) in [5, 5.41) is 6.89. The molecule has 1 unspecified atom stereocenters. The zero-order valence-electron chi connectivity index (χ0n) is 6.77. The lowest BCUT2D eigenvalue weighted by molar-refractivity contribution is 0.394. The van der Waals surface area contributed by atoms with E-state index >= 15 is 0 Å². The van der Waals surface area contributed by atoms with Crippen LogP contribution < -0.4 is 0 Å². The quantitative estimate of drug-likeness (QED) is 0.638. The minimum Gasteiger partial charge on any atom is -0.472 e. The average molecular weight is 173 g/mol. The van der Waals surface area contributed by atoms with Crippen molar-refractivity contribution in [3.63, 3.8) is 0 Å². The first-order valence-corrected chi connectivity index (χ1v) is 4.04. The molecule has 1 aromatic heterocycles. The van der Waals surface area contributed by atoms with Crippen molar-refractivity contribution >= 4 is 11.8 Å². The van der Waals surface area contributed by atoms with Gasteiger partial charge in [0, 0.05) is 17.4 Å². The summed E-state index contributed by atoms with van der Waals surface area (Å²) < 4.78 is 5.10. The lowest BCUT2D eigenvalue weighted by Crippen LogP contribution is -2.13. The molecule has 1 N–H and O–H groups in total. The number of aromatic amines is 1. The van der Waals surface area contributed by atoms with E-state index in [0.717, 1.165) is 16.8 Å². The summed E-state index contributed by atoms with van der Waals surface area (Å²) in [6.45, 7) is 0. The summed E-state index contributed by atoms with van der Waals surface area (Å²) in [6, 6.07) is 0.0849. The van der Waals surface area contributed by atoms with E-state index in [9.17, 15) is 0 Å². The highest BCUT2D eigenvalue weighted by Crippen LogP contribution is 2.28. The molecule has 2 aliphatic rings. The van der Waals surface area contributed by atoms with Crippen LogP contribution in [0.5, 0.6) is 0 Å². The van der Waals surface area contributed by atoms with E-state index in [1.54, 1.807) is 18.7 Å². The molecule has 4 nitrogen and oxygen atoms in total. The third kappa shape index (κ3) is 0.853. The van der Waals surface area contributed by atoms with Crippen molar-refractivity contribution in [2.45, 2.75) is 6.04 Å². The fourth-order valence-corrected chi connectivity index (χ4v) is 1.53. The van der Waals surface area contributed by atoms with Crippen LogP contribution in [0.2, 0.25) is 0 Å². The van der Waals surface area contributed by atoms with Crippen LogP contribution in [0.3, 0.4) is 0 Å². The maximum Gasteiger partial charge on any atom is 0.101 e. The average Bonchev–Trinajstić information content (AvgIpc) is 2.65. The Morgan fingerprint density at radius 2 is 2.46 bits per heavy atom. The van der Waals surface area contributed by atoms with Gasteiger partial charge in [0.05, 0.1) is 24.4 Å². The largest absolute Gasteiger partial charge is 0.472 e. The molecule has 3 rings (SSSR count). The first-order chi connectivity index (χ1) is 6.45. The van der Waals surface area contributed by atoms with Gasteiger partial charge in [-0.1, -0.05) is 0 Å². The number of rotatable bonds is 0. The Morgan fingerprint density at radius 1 is 1.46 bits per heavy atom. The van der Waals surface area contributed by atoms with Gasteiger partial charge in [-0.2, -0.15) is 5.10 Å². The van der Waals surface area contributed by atoms with Gasteiger partial charge < -0.3 is 4.74 Å². The van der Waals surface area contributed by atoms with Crippen LogP contribution >= 0.6 is 0 Å². The highest BCUT2D eigenvalue weighted by molar-refractivity contribution is 5.92. The Kier molecular flexibility index (Phi) is 1.19. The molecule has 0 bridgehead atoms. The van der Waals surface area contributed by atoms with E-state index in [4.69, 9.17) is 4.74 Å². The van der Waals surface area contributed by atoms with Crippen molar-refractivity contribution in [1.29, 1.82) is 0 Å². The van der Waals surface area contributed by atoms with Crippen LogP contribution in [-0.4, -0.2) is 22.5 Å². The van der Waals surface area contributed by atoms with Crippen molar-refractivity contribution in [3.8, 4) is 0 Å². The molecule has 0 amide bonds. The molecule has 4 heteroatoms. The predicted molar refractivity (Wildman–Crippen MR) is 48.2 cm³/mol. The van der Waals surface area contributed by atoms with Crippen LogP contribution in [-0.2, 0) is 4.74 Å². The fraction of sp³-hybridized carbons (Fsp3) is 0.111. The second kappa shape index (κ2) is 2.32. The first kappa shape index (κ1) is 6.65. The van der Waals surface area contributed by atoms with Crippen molar-refractivity contribution in [3.05, 3.63) is 36.1 Å². The van der Waals surface area contributed by atoms with Crippen molar-refractivity contribution < 1.29 is 4.74 Å². The minimum absolute atomic E-state index is 0.0849. The summed E-state index contributed by atoms with van der Waals surface area (Å²) in [7, 11) is 0. The molecule has 1 atom stereocenters. The maximum atomic E-state index is 5.10. The number of nitrogens with zero attached hydrogens (tertiary/aromatic N) is 2. The number of hydrogen-bond donors (Lipinski definition) is 1. The normalized spacial score (nSPS) is 23.1. The Balaban J connectivity index is 2.19. The predicted octanol–water partition coefficient (Wildman–Crippen LogP) is 1.10. The Hall–Kier alpha value is -1.84. The van der Waals surface area contributed by atoms with E-state index in [0.29, 0.717) is 0 Å². The zero-order valence-corrected chi connectivity index (χ0v) is 6.77. The van der Waals surface area contributed by atoms with Crippen molar-refractivity contribution in [2.75, 3.05) is 0 Å². The first-order valence-electron chi connectivity index (χ1n) is 4.04. The Bertz CT molecular complexity index is 428. The minimum atomic E-state index is 0.0849. The third-order valence-corrected chi connectivity index (χ3v) is 2.18. The number of aliphatic imine (C=N–C) groups is 1. The fourth-order valence-electron chi connectivity index (χ4n) is 1.53. The summed E-state index contributed by atoms with van der Waals surface area (Å²) in [6.07, 6.45) is 8.85. The van der Waals surface area contributed by atoms with E-state index in [-0.39, 0.29) is 6.04 Å². The molecule has 64 valence electrons. The van der Waals surface area contributed by atoms with Crippen LogP contribution in [0.15, 0.2) is 29.8 Å². The van der Waals surface area contributed by atoms with Gasteiger partial charge in [-0.15, -0.1) is 0 Å². The molecule has 0 radical (unpaired) electrons. The number of ether oxygens (including phenoxy) is 1. The summed E-state index contributed by atoms with van der Waals surface area (Å²) in [5.74, 6) is 0. The van der Waals surface area contributed by atoms with Crippen molar-refractivity contribution in [1.82, 2.24) is 10.2 Å². The molecular weight excluding hydrogens is 166 g/mol. The maximum absolute atomic E-state index is 5.10. The second-order valence-electron chi connectivity index (χ2n) is 2.96. The molecule has 1 aromatic rings. The number of hydrogen-bond acceptors (Lipinski definition) is 3. The van der Waals surface area contributed by atoms with Crippen LogP contribution in [0, 0.1) is 0 Å². The smallest absolute Gasteiger partial charge is 0.101 e. The number of nitrogens with one attached hydrogen (secondary N) is 1. The van der Waals surface area contributed by atoms with Gasteiger partial charge in [0.15, 0.2) is 0 Å². The molecule has 3 heterocycles. The molecule has 13 heavy (non-hydrogen) atoms. The van der Waals surface area contributed by atoms with E-state index in [1.165, 1.54) is 0 Å². The van der Waals surface area contributed by atoms with Gasteiger partial charge in [0.2, 0.25) is 0 Å². The third-order valence-electron chi connectivity index (χ3n) is 2.18. The lowest BCUT2D eigenvalue weighted by Gasteiger charge is -2.18. The van der Waals surface area contributed by atoms with Crippen LogP contribution in [0.25, 0.3) is 5.57 Å². The molecule has 0 saturated carbocycles. The zero-order chi connectivity index (χ0) is 8.67. The number of aromatic nitrogens is 2. The Labute approximate surface area is 74.6 Å². The number of fused-ring (bicyclic) bond motifs is 3. The lowest BCUT2D eigenvalue weighted by atomic mass is 9.99. The highest BCUT2D eigenvalue weighted by Gasteiger charge is 2.22. The summed E-state index contributed by atoms with van der Waals surface area (Å²) >= 11 is 0. The van der Waals surface area contributed by atoms with E-state index in [2.05, 4.69) is 15.2 Å². The van der Waals surface area contributed by atoms with Gasteiger partial charge in [-0.25, -0.2) is 0 Å². The summed E-state index contributed by atoms with van der Waals surface area (Å²) in [5.41, 5.74) is 3.06. The number of H-pyrrole nitrogens is 1. The molecule has 0 aliphatic carbocycles. The van der Waals surface area contributed by atoms with E-state index < -0.39 is 0 Å². The molecular formula is C9H7N3O. The van der Waals surface area contributed by atoms with Gasteiger partial charge in [-0.05, 0) is 6.08 Å². The second-order valence-corrected chi connectivity index (χ2v) is 2.96. The standard InChI is InChI=1S/C9H7N3O/c1-2-13-5-7-8(1)10-3-6-4-11-12-9(6)7/h1-5,8H,(H,11,12). The van der Waals surface area contributed by atoms with Gasteiger partial charge in [0.25, 0.3) is 0 Å². The molecule has 0 fully saturated rings. The highest BCUT2D eigenvalue weighted by atomic mass is 16.5. The monoisotopic (exact) mass is 173 g/mol. The van der Waals surface area contributed by atoms with Gasteiger partial charge in [-0.3, -0.25) is 10.1 Å². The molecule has 0 aromatic carbocycles. The van der Waals surface area contributed by atoms with Crippen LogP contribution in [0.4, 0.5) is 0 Å². The molecule has 0 spiro atoms. The SMILES string of the molecule is C1=CC2N=Cc3cn[nH]c3C2=CO1. The topological polar surface area (TPSA) is 50.3 Å². The van der Waals surface area contributed by atoms with Crippen molar-refractivity contribution in [2.24, 2.45) is 4.99 Å².